The molecule has 1 aromatic heterocycles. The van der Waals surface area contributed by atoms with Gasteiger partial charge in [0, 0.05) is 12.4 Å². The summed E-state index contributed by atoms with van der Waals surface area (Å²) >= 11 is 0. The summed E-state index contributed by atoms with van der Waals surface area (Å²) < 4.78 is 0. The first-order valence-electron chi connectivity index (χ1n) is 4.49. The maximum Gasteiger partial charge on any atom is 0.261 e. The molecule has 0 unspecified atom stereocenters. The third kappa shape index (κ3) is 1.95. The predicted molar refractivity (Wildman–Crippen MR) is 56.3 cm³/mol. The highest BCUT2D eigenvalue weighted by molar-refractivity contribution is 6.05. The summed E-state index contributed by atoms with van der Waals surface area (Å²) in [7, 11) is 0. The number of benzene rings is 1. The van der Waals surface area contributed by atoms with Crippen molar-refractivity contribution in [2.24, 2.45) is 0 Å². The first kappa shape index (κ1) is 10.0. The first-order chi connectivity index (χ1) is 7.66. The van der Waals surface area contributed by atoms with Crippen molar-refractivity contribution in [3.63, 3.8) is 0 Å². The van der Waals surface area contributed by atoms with Gasteiger partial charge in [-0.25, -0.2) is 4.98 Å². The Morgan fingerprint density at radius 2 is 2.19 bits per heavy atom. The van der Waals surface area contributed by atoms with Crippen LogP contribution in [0.3, 0.4) is 0 Å². The number of aromatic nitrogens is 2. The smallest absolute Gasteiger partial charge is 0.261 e. The summed E-state index contributed by atoms with van der Waals surface area (Å²) in [5, 5.41) is 21.1. The Morgan fingerprint density at radius 3 is 2.88 bits per heavy atom. The summed E-state index contributed by atoms with van der Waals surface area (Å²) in [6.07, 6.45) is 3.04. The molecule has 0 aliphatic heterocycles. The van der Waals surface area contributed by atoms with Crippen molar-refractivity contribution in [3.8, 4) is 11.5 Å². The standard InChI is InChI=1S/C10H9N3O3/c14-6-1-2-8(15)7(5-6)9(16)13-10-11-3-4-12-10/h1-5,14-15H,(H2,11,12,13,16). The molecule has 16 heavy (non-hydrogen) atoms. The molecule has 0 aliphatic carbocycles. The fraction of sp³-hybridized carbons (Fsp3) is 0. The molecule has 4 N–H and O–H groups in total. The van der Waals surface area contributed by atoms with Gasteiger partial charge in [0.05, 0.1) is 5.56 Å². The van der Waals surface area contributed by atoms with Crippen molar-refractivity contribution in [2.75, 3.05) is 5.32 Å². The summed E-state index contributed by atoms with van der Waals surface area (Å²) in [4.78, 5) is 18.1. The summed E-state index contributed by atoms with van der Waals surface area (Å²) in [5.41, 5.74) is -0.0172. The zero-order valence-corrected chi connectivity index (χ0v) is 8.14. The van der Waals surface area contributed by atoms with E-state index in [0.717, 1.165) is 0 Å². The molecule has 6 nitrogen and oxygen atoms in total. The number of phenols is 2. The molecule has 82 valence electrons. The minimum absolute atomic E-state index is 0.0172. The number of rotatable bonds is 2. The number of carbonyl (C=O) groups excluding carboxylic acids is 1. The van der Waals surface area contributed by atoms with E-state index in [9.17, 15) is 15.0 Å². The number of nitrogens with zero attached hydrogens (tertiary/aromatic N) is 1. The Labute approximate surface area is 90.6 Å². The zero-order chi connectivity index (χ0) is 11.5. The molecule has 0 spiro atoms. The third-order valence-electron chi connectivity index (χ3n) is 1.95. The van der Waals surface area contributed by atoms with E-state index in [2.05, 4.69) is 15.3 Å². The average molecular weight is 219 g/mol. The van der Waals surface area contributed by atoms with Crippen LogP contribution in [-0.4, -0.2) is 26.1 Å². The molecule has 0 saturated carbocycles. The number of nitrogens with one attached hydrogen (secondary N) is 2. The number of anilines is 1. The number of amides is 1. The number of hydrogen-bond acceptors (Lipinski definition) is 4. The lowest BCUT2D eigenvalue weighted by atomic mass is 10.2. The first-order valence-corrected chi connectivity index (χ1v) is 4.49. The van der Waals surface area contributed by atoms with Crippen LogP contribution in [0.2, 0.25) is 0 Å². The van der Waals surface area contributed by atoms with Gasteiger partial charge in [0.25, 0.3) is 5.91 Å². The van der Waals surface area contributed by atoms with Crippen molar-refractivity contribution >= 4 is 11.9 Å². The van der Waals surface area contributed by atoms with Crippen molar-refractivity contribution in [3.05, 3.63) is 36.2 Å². The normalized spacial score (nSPS) is 10.0. The quantitative estimate of drug-likeness (QED) is 0.568. The van der Waals surface area contributed by atoms with E-state index in [1.807, 2.05) is 0 Å². The molecular formula is C10H9N3O3. The molecule has 0 bridgehead atoms. The number of carbonyl (C=O) groups is 1. The lowest BCUT2D eigenvalue weighted by Gasteiger charge is -2.04. The minimum Gasteiger partial charge on any atom is -0.508 e. The number of aromatic amines is 1. The molecule has 2 aromatic rings. The molecule has 1 aromatic carbocycles. The number of hydrogen-bond donors (Lipinski definition) is 4. The van der Waals surface area contributed by atoms with E-state index in [0.29, 0.717) is 0 Å². The maximum atomic E-state index is 11.6. The monoisotopic (exact) mass is 219 g/mol. The van der Waals surface area contributed by atoms with Crippen LogP contribution in [0.4, 0.5) is 5.95 Å². The van der Waals surface area contributed by atoms with Crippen LogP contribution >= 0.6 is 0 Å². The number of H-pyrrole nitrogens is 1. The SMILES string of the molecule is O=C(Nc1ncc[nH]1)c1cc(O)ccc1O. The highest BCUT2D eigenvalue weighted by Gasteiger charge is 2.12. The molecule has 6 heteroatoms. The van der Waals surface area contributed by atoms with Crippen molar-refractivity contribution in [2.45, 2.75) is 0 Å². The molecule has 0 aliphatic rings. The lowest BCUT2D eigenvalue weighted by Crippen LogP contribution is -2.13. The Balaban J connectivity index is 2.24. The van der Waals surface area contributed by atoms with Gasteiger partial charge in [0.2, 0.25) is 5.95 Å². The molecular weight excluding hydrogens is 210 g/mol. The van der Waals surface area contributed by atoms with E-state index in [1.165, 1.54) is 24.4 Å². The minimum atomic E-state index is -0.552. The van der Waals surface area contributed by atoms with E-state index in [1.54, 1.807) is 6.20 Å². The van der Waals surface area contributed by atoms with E-state index < -0.39 is 5.91 Å². The lowest BCUT2D eigenvalue weighted by molar-refractivity contribution is 0.102. The van der Waals surface area contributed by atoms with Gasteiger partial charge in [-0.3, -0.25) is 10.1 Å². The maximum absolute atomic E-state index is 11.6. The van der Waals surface area contributed by atoms with Crippen molar-refractivity contribution < 1.29 is 15.0 Å². The summed E-state index contributed by atoms with van der Waals surface area (Å²) in [5.74, 6) is -0.583. The fourth-order valence-corrected chi connectivity index (χ4v) is 1.21. The van der Waals surface area contributed by atoms with Crippen molar-refractivity contribution in [1.82, 2.24) is 9.97 Å². The molecule has 1 heterocycles. The van der Waals surface area contributed by atoms with E-state index >= 15 is 0 Å². The summed E-state index contributed by atoms with van der Waals surface area (Å²) in [6, 6.07) is 3.71. The number of phenolic OH excluding ortho intramolecular Hbond substituents is 2. The predicted octanol–water partition coefficient (Wildman–Crippen LogP) is 1.07. The highest BCUT2D eigenvalue weighted by Crippen LogP contribution is 2.22. The second-order valence-corrected chi connectivity index (χ2v) is 3.09. The highest BCUT2D eigenvalue weighted by atomic mass is 16.3. The van der Waals surface area contributed by atoms with E-state index in [-0.39, 0.29) is 23.0 Å². The Hall–Kier alpha value is -2.50. The second-order valence-electron chi connectivity index (χ2n) is 3.09. The molecule has 0 fully saturated rings. The third-order valence-corrected chi connectivity index (χ3v) is 1.95. The Bertz CT molecular complexity index is 508. The molecule has 0 radical (unpaired) electrons. The summed E-state index contributed by atoms with van der Waals surface area (Å²) in [6.45, 7) is 0. The number of aromatic hydroxyl groups is 2. The van der Waals surface area contributed by atoms with E-state index in [4.69, 9.17) is 0 Å². The van der Waals surface area contributed by atoms with Crippen LogP contribution in [0.1, 0.15) is 10.4 Å². The zero-order valence-electron chi connectivity index (χ0n) is 8.14. The Morgan fingerprint density at radius 1 is 1.38 bits per heavy atom. The topological polar surface area (TPSA) is 98.2 Å². The van der Waals surface area contributed by atoms with Crippen molar-refractivity contribution in [1.29, 1.82) is 0 Å². The van der Waals surface area contributed by atoms with Gasteiger partial charge < -0.3 is 15.2 Å². The van der Waals surface area contributed by atoms with Crippen LogP contribution in [0.25, 0.3) is 0 Å². The number of imidazole rings is 1. The largest absolute Gasteiger partial charge is 0.508 e. The molecule has 1 amide bonds. The van der Waals surface area contributed by atoms with Crippen LogP contribution < -0.4 is 5.32 Å². The van der Waals surface area contributed by atoms with Gasteiger partial charge in [-0.05, 0) is 18.2 Å². The van der Waals surface area contributed by atoms with Crippen LogP contribution in [-0.2, 0) is 0 Å². The van der Waals surface area contributed by atoms with Crippen LogP contribution in [0, 0.1) is 0 Å². The van der Waals surface area contributed by atoms with Crippen LogP contribution in [0.15, 0.2) is 30.6 Å². The van der Waals surface area contributed by atoms with Gasteiger partial charge >= 0.3 is 0 Å². The van der Waals surface area contributed by atoms with Crippen LogP contribution in [0.5, 0.6) is 11.5 Å². The van der Waals surface area contributed by atoms with Gasteiger partial charge in [-0.2, -0.15) is 0 Å². The Kier molecular flexibility index (Phi) is 2.47. The molecule has 0 atom stereocenters. The van der Waals surface area contributed by atoms with Gasteiger partial charge in [-0.1, -0.05) is 0 Å². The van der Waals surface area contributed by atoms with Gasteiger partial charge in [0.1, 0.15) is 11.5 Å². The molecule has 2 rings (SSSR count). The average Bonchev–Trinajstić information content (AvgIpc) is 2.74. The van der Waals surface area contributed by atoms with Gasteiger partial charge in [0.15, 0.2) is 0 Å². The second kappa shape index (κ2) is 3.93. The fourth-order valence-electron chi connectivity index (χ4n) is 1.21. The molecule has 0 saturated heterocycles. The van der Waals surface area contributed by atoms with Gasteiger partial charge in [-0.15, -0.1) is 0 Å².